The van der Waals surface area contributed by atoms with E-state index >= 15 is 0 Å². The van der Waals surface area contributed by atoms with Gasteiger partial charge in [0.15, 0.2) is 0 Å². The fourth-order valence-corrected chi connectivity index (χ4v) is 2.20. The third kappa shape index (κ3) is 1.74. The standard InChI is InChI=1S/C12H14FNO/c1-8-3-4-10-7-11(13)5-6-12(10)14(8)9(2)15/h5-8H,3-4H2,1-2H3/t8-/m0/s1. The summed E-state index contributed by atoms with van der Waals surface area (Å²) >= 11 is 0. The van der Waals surface area contributed by atoms with Crippen LogP contribution < -0.4 is 4.90 Å². The highest BCUT2D eigenvalue weighted by Crippen LogP contribution is 2.31. The number of hydrogen-bond donors (Lipinski definition) is 0. The van der Waals surface area contributed by atoms with Crippen LogP contribution in [-0.2, 0) is 11.2 Å². The summed E-state index contributed by atoms with van der Waals surface area (Å²) in [7, 11) is 0. The Labute approximate surface area is 88.7 Å². The molecule has 1 aromatic carbocycles. The number of anilines is 1. The van der Waals surface area contributed by atoms with Gasteiger partial charge in [-0.2, -0.15) is 0 Å². The highest BCUT2D eigenvalue weighted by Gasteiger charge is 2.25. The quantitative estimate of drug-likeness (QED) is 0.640. The average molecular weight is 207 g/mol. The molecule has 0 unspecified atom stereocenters. The van der Waals surface area contributed by atoms with Crippen LogP contribution in [0.1, 0.15) is 25.8 Å². The Kier molecular flexibility index (Phi) is 2.47. The van der Waals surface area contributed by atoms with Crippen molar-refractivity contribution in [2.45, 2.75) is 32.7 Å². The molecule has 1 heterocycles. The molecule has 1 aliphatic rings. The normalized spacial score (nSPS) is 19.9. The number of rotatable bonds is 0. The molecular weight excluding hydrogens is 193 g/mol. The molecule has 2 nitrogen and oxygen atoms in total. The lowest BCUT2D eigenvalue weighted by atomic mass is 9.96. The second-order valence-corrected chi connectivity index (χ2v) is 4.05. The van der Waals surface area contributed by atoms with E-state index in [-0.39, 0.29) is 17.8 Å². The van der Waals surface area contributed by atoms with Crippen molar-refractivity contribution in [3.05, 3.63) is 29.6 Å². The van der Waals surface area contributed by atoms with Crippen molar-refractivity contribution >= 4 is 11.6 Å². The first-order valence-electron chi connectivity index (χ1n) is 5.18. The Bertz CT molecular complexity index is 403. The second kappa shape index (κ2) is 3.65. The predicted molar refractivity (Wildman–Crippen MR) is 57.3 cm³/mol. The Hall–Kier alpha value is -1.38. The van der Waals surface area contributed by atoms with Gasteiger partial charge in [-0.1, -0.05) is 0 Å². The zero-order valence-electron chi connectivity index (χ0n) is 8.96. The van der Waals surface area contributed by atoms with E-state index in [0.717, 1.165) is 24.1 Å². The zero-order valence-corrected chi connectivity index (χ0v) is 8.96. The third-order valence-electron chi connectivity index (χ3n) is 2.91. The van der Waals surface area contributed by atoms with Crippen LogP contribution in [0.5, 0.6) is 0 Å². The van der Waals surface area contributed by atoms with E-state index in [1.165, 1.54) is 12.1 Å². The summed E-state index contributed by atoms with van der Waals surface area (Å²) in [6.45, 7) is 3.57. The van der Waals surface area contributed by atoms with Gasteiger partial charge in [-0.15, -0.1) is 0 Å². The first-order chi connectivity index (χ1) is 7.09. The fraction of sp³-hybridized carbons (Fsp3) is 0.417. The van der Waals surface area contributed by atoms with Crippen molar-refractivity contribution in [3.8, 4) is 0 Å². The van der Waals surface area contributed by atoms with E-state index in [0.29, 0.717) is 0 Å². The van der Waals surface area contributed by atoms with Crippen LogP contribution in [0.15, 0.2) is 18.2 Å². The number of fused-ring (bicyclic) bond motifs is 1. The predicted octanol–water partition coefficient (Wildman–Crippen LogP) is 2.51. The largest absolute Gasteiger partial charge is 0.310 e. The van der Waals surface area contributed by atoms with Gasteiger partial charge in [0.05, 0.1) is 0 Å². The molecule has 0 bridgehead atoms. The summed E-state index contributed by atoms with van der Waals surface area (Å²) in [5.41, 5.74) is 1.80. The molecule has 1 amide bonds. The van der Waals surface area contributed by atoms with Crippen LogP contribution in [0.3, 0.4) is 0 Å². The minimum atomic E-state index is -0.230. The third-order valence-corrected chi connectivity index (χ3v) is 2.91. The summed E-state index contributed by atoms with van der Waals surface area (Å²) in [6.07, 6.45) is 1.74. The molecule has 0 spiro atoms. The molecule has 3 heteroatoms. The van der Waals surface area contributed by atoms with E-state index in [1.54, 1.807) is 17.9 Å². The maximum atomic E-state index is 13.0. The number of nitrogens with zero attached hydrogens (tertiary/aromatic N) is 1. The van der Waals surface area contributed by atoms with E-state index in [4.69, 9.17) is 0 Å². The van der Waals surface area contributed by atoms with Crippen molar-refractivity contribution < 1.29 is 9.18 Å². The van der Waals surface area contributed by atoms with Crippen LogP contribution >= 0.6 is 0 Å². The monoisotopic (exact) mass is 207 g/mol. The van der Waals surface area contributed by atoms with Crippen LogP contribution in [0, 0.1) is 5.82 Å². The molecule has 0 saturated carbocycles. The molecule has 2 rings (SSSR count). The van der Waals surface area contributed by atoms with Gasteiger partial charge in [-0.3, -0.25) is 4.79 Å². The second-order valence-electron chi connectivity index (χ2n) is 4.05. The van der Waals surface area contributed by atoms with Crippen molar-refractivity contribution in [2.24, 2.45) is 0 Å². The maximum absolute atomic E-state index is 13.0. The van der Waals surface area contributed by atoms with Crippen LogP contribution in [0.4, 0.5) is 10.1 Å². The molecular formula is C12H14FNO. The topological polar surface area (TPSA) is 20.3 Å². The van der Waals surface area contributed by atoms with Crippen molar-refractivity contribution in [2.75, 3.05) is 4.90 Å². The van der Waals surface area contributed by atoms with Crippen molar-refractivity contribution in [3.63, 3.8) is 0 Å². The lowest BCUT2D eigenvalue weighted by Gasteiger charge is -2.34. The van der Waals surface area contributed by atoms with E-state index in [2.05, 4.69) is 0 Å². The van der Waals surface area contributed by atoms with Gasteiger partial charge in [-0.25, -0.2) is 4.39 Å². The molecule has 0 aromatic heterocycles. The van der Waals surface area contributed by atoms with Gasteiger partial charge >= 0.3 is 0 Å². The number of aryl methyl sites for hydroxylation is 1. The average Bonchev–Trinajstić information content (AvgIpc) is 2.17. The number of hydrogen-bond acceptors (Lipinski definition) is 1. The highest BCUT2D eigenvalue weighted by atomic mass is 19.1. The summed E-state index contributed by atoms with van der Waals surface area (Å²) in [4.78, 5) is 13.2. The van der Waals surface area contributed by atoms with Gasteiger partial charge in [-0.05, 0) is 43.5 Å². The lowest BCUT2D eigenvalue weighted by molar-refractivity contribution is -0.117. The lowest BCUT2D eigenvalue weighted by Crippen LogP contribution is -2.40. The Balaban J connectivity index is 2.48. The van der Waals surface area contributed by atoms with E-state index in [9.17, 15) is 9.18 Å². The molecule has 0 N–H and O–H groups in total. The van der Waals surface area contributed by atoms with Crippen LogP contribution in [0.25, 0.3) is 0 Å². The van der Waals surface area contributed by atoms with E-state index < -0.39 is 0 Å². The SMILES string of the molecule is CC(=O)N1c2ccc(F)cc2CC[C@@H]1C. The molecule has 1 atom stereocenters. The molecule has 0 fully saturated rings. The molecule has 0 aliphatic carbocycles. The Morgan fingerprint density at radius 3 is 2.93 bits per heavy atom. The molecule has 1 aromatic rings. The number of carbonyl (C=O) groups is 1. The molecule has 0 saturated heterocycles. The number of amides is 1. The first-order valence-corrected chi connectivity index (χ1v) is 5.18. The summed E-state index contributed by atoms with van der Waals surface area (Å²) in [6, 6.07) is 4.84. The minimum absolute atomic E-state index is 0.0232. The fourth-order valence-electron chi connectivity index (χ4n) is 2.20. The molecule has 0 radical (unpaired) electrons. The van der Waals surface area contributed by atoms with Crippen LogP contribution in [0.2, 0.25) is 0 Å². The summed E-state index contributed by atoms with van der Waals surface area (Å²) in [5, 5.41) is 0. The smallest absolute Gasteiger partial charge is 0.224 e. The Morgan fingerprint density at radius 1 is 1.53 bits per heavy atom. The van der Waals surface area contributed by atoms with Crippen molar-refractivity contribution in [1.29, 1.82) is 0 Å². The highest BCUT2D eigenvalue weighted by molar-refractivity contribution is 5.93. The van der Waals surface area contributed by atoms with Gasteiger partial charge in [0.2, 0.25) is 5.91 Å². The summed E-state index contributed by atoms with van der Waals surface area (Å²) in [5.74, 6) is -0.207. The van der Waals surface area contributed by atoms with Gasteiger partial charge in [0, 0.05) is 18.7 Å². The molecule has 80 valence electrons. The van der Waals surface area contributed by atoms with Gasteiger partial charge < -0.3 is 4.90 Å². The van der Waals surface area contributed by atoms with Crippen LogP contribution in [-0.4, -0.2) is 11.9 Å². The maximum Gasteiger partial charge on any atom is 0.224 e. The molecule has 1 aliphatic heterocycles. The van der Waals surface area contributed by atoms with Gasteiger partial charge in [0.25, 0.3) is 0 Å². The minimum Gasteiger partial charge on any atom is -0.310 e. The summed E-state index contributed by atoms with van der Waals surface area (Å²) < 4.78 is 13.0. The molecule has 15 heavy (non-hydrogen) atoms. The van der Waals surface area contributed by atoms with Gasteiger partial charge in [0.1, 0.15) is 5.82 Å². The Morgan fingerprint density at radius 2 is 2.27 bits per heavy atom. The first kappa shape index (κ1) is 10.1. The zero-order chi connectivity index (χ0) is 11.0. The van der Waals surface area contributed by atoms with E-state index in [1.807, 2.05) is 6.92 Å². The number of carbonyl (C=O) groups excluding carboxylic acids is 1. The number of halogens is 1. The van der Waals surface area contributed by atoms with Crippen molar-refractivity contribution in [1.82, 2.24) is 0 Å². The number of benzene rings is 1.